The van der Waals surface area contributed by atoms with Crippen LogP contribution in [0.15, 0.2) is 72.9 Å². The fourth-order valence-electron chi connectivity index (χ4n) is 8.55. The Labute approximate surface area is 349 Å². The first-order valence-corrected chi connectivity index (χ1v) is 20.8. The number of rotatable bonds is 13. The van der Waals surface area contributed by atoms with Crippen LogP contribution in [-0.2, 0) is 30.4 Å². The van der Waals surface area contributed by atoms with Crippen LogP contribution < -0.4 is 16.0 Å². The van der Waals surface area contributed by atoms with E-state index in [1.807, 2.05) is 62.4 Å². The third kappa shape index (κ3) is 8.52. The number of nitrogens with one attached hydrogen (secondary N) is 4. The van der Waals surface area contributed by atoms with Crippen molar-refractivity contribution in [2.24, 2.45) is 5.92 Å². The minimum atomic E-state index is -0.907. The van der Waals surface area contributed by atoms with E-state index in [1.165, 1.54) is 14.2 Å². The Morgan fingerprint density at radius 3 is 2.23 bits per heavy atom. The summed E-state index contributed by atoms with van der Waals surface area (Å²) in [6.07, 6.45) is 5.09. The summed E-state index contributed by atoms with van der Waals surface area (Å²) >= 11 is 0. The average Bonchev–Trinajstić information content (AvgIpc) is 4.09. The first-order valence-electron chi connectivity index (χ1n) is 20.8. The lowest BCUT2D eigenvalue weighted by Crippen LogP contribution is -2.54. The Balaban J connectivity index is 1.13. The van der Waals surface area contributed by atoms with E-state index in [1.54, 1.807) is 16.0 Å². The number of nitrogens with zero attached hydrogens (tertiary/aromatic N) is 4. The summed E-state index contributed by atoms with van der Waals surface area (Å²) in [5.41, 5.74) is 5.07. The molecule has 5 amide bonds. The number of likely N-dealkylation sites (tertiary alicyclic amines) is 2. The van der Waals surface area contributed by atoms with Crippen molar-refractivity contribution in [2.75, 3.05) is 32.6 Å². The zero-order valence-corrected chi connectivity index (χ0v) is 34.8. The Morgan fingerprint density at radius 1 is 0.833 bits per heavy atom. The van der Waals surface area contributed by atoms with Gasteiger partial charge in [0.05, 0.1) is 37.7 Å². The van der Waals surface area contributed by atoms with Crippen molar-refractivity contribution < 1.29 is 33.4 Å². The molecular weight excluding hydrogens is 765 g/mol. The maximum absolute atomic E-state index is 14.0. The van der Waals surface area contributed by atoms with E-state index >= 15 is 0 Å². The molecule has 0 radical (unpaired) electrons. The molecule has 0 aliphatic carbocycles. The molecule has 316 valence electrons. The molecular formula is C45H54N8O7. The number of H-pyrrole nitrogens is 1. The van der Waals surface area contributed by atoms with E-state index in [2.05, 4.69) is 50.6 Å². The lowest BCUT2D eigenvalue weighted by atomic mass is 10.0. The summed E-state index contributed by atoms with van der Waals surface area (Å²) in [7, 11) is 2.53. The number of ether oxygens (including phenoxy) is 2. The largest absolute Gasteiger partial charge is 0.453 e. The second kappa shape index (κ2) is 18.3. The molecule has 60 heavy (non-hydrogen) atoms. The predicted molar refractivity (Wildman–Crippen MR) is 228 cm³/mol. The van der Waals surface area contributed by atoms with Gasteiger partial charge in [-0.05, 0) is 61.8 Å². The predicted octanol–water partition coefficient (Wildman–Crippen LogP) is 7.06. The van der Waals surface area contributed by atoms with Gasteiger partial charge in [-0.15, -0.1) is 0 Å². The maximum Gasteiger partial charge on any atom is 0.407 e. The van der Waals surface area contributed by atoms with Crippen LogP contribution in [0.3, 0.4) is 0 Å². The van der Waals surface area contributed by atoms with Gasteiger partial charge in [0, 0.05) is 47.2 Å². The third-order valence-corrected chi connectivity index (χ3v) is 11.7. The van der Waals surface area contributed by atoms with Gasteiger partial charge >= 0.3 is 12.2 Å². The summed E-state index contributed by atoms with van der Waals surface area (Å²) in [5.74, 6) is -0.329. The molecule has 15 heteroatoms. The summed E-state index contributed by atoms with van der Waals surface area (Å²) < 4.78 is 11.9. The number of amides is 5. The molecule has 4 N–H and O–H groups in total. The number of imidazole rings is 1. The van der Waals surface area contributed by atoms with E-state index in [0.717, 1.165) is 65.3 Å². The molecule has 15 nitrogen and oxygen atoms in total. The highest BCUT2D eigenvalue weighted by atomic mass is 16.5. The molecule has 5 aromatic rings. The van der Waals surface area contributed by atoms with Crippen LogP contribution >= 0.6 is 0 Å². The molecule has 2 aliphatic rings. The van der Waals surface area contributed by atoms with Crippen LogP contribution in [0, 0.1) is 5.92 Å². The topological polar surface area (TPSA) is 180 Å². The van der Waals surface area contributed by atoms with Crippen molar-refractivity contribution in [2.45, 2.75) is 90.0 Å². The van der Waals surface area contributed by atoms with Crippen molar-refractivity contribution in [3.8, 4) is 11.3 Å². The molecule has 7 rings (SSSR count). The number of aryl methyl sites for hydroxylation is 1. The summed E-state index contributed by atoms with van der Waals surface area (Å²) in [4.78, 5) is 77.4. The second-order valence-corrected chi connectivity index (χ2v) is 15.9. The molecule has 0 bridgehead atoms. The number of methoxy groups -OCH3 is 2. The van der Waals surface area contributed by atoms with E-state index in [0.29, 0.717) is 43.0 Å². The van der Waals surface area contributed by atoms with E-state index in [-0.39, 0.29) is 29.7 Å². The van der Waals surface area contributed by atoms with Gasteiger partial charge in [-0.25, -0.2) is 14.6 Å². The van der Waals surface area contributed by atoms with Crippen LogP contribution in [0.5, 0.6) is 0 Å². The highest BCUT2D eigenvalue weighted by Crippen LogP contribution is 2.37. The van der Waals surface area contributed by atoms with Gasteiger partial charge < -0.3 is 44.8 Å². The summed E-state index contributed by atoms with van der Waals surface area (Å²) in [5, 5.41) is 10.6. The number of hydrogen-bond donors (Lipinski definition) is 4. The van der Waals surface area contributed by atoms with Crippen molar-refractivity contribution in [3.05, 3.63) is 84.3 Å². The highest BCUT2D eigenvalue weighted by molar-refractivity contribution is 6.10. The molecule has 2 aromatic heterocycles. The average molecular weight is 819 g/mol. The van der Waals surface area contributed by atoms with E-state index in [4.69, 9.17) is 14.5 Å². The molecule has 2 fully saturated rings. The smallest absolute Gasteiger partial charge is 0.407 e. The van der Waals surface area contributed by atoms with E-state index in [9.17, 15) is 24.0 Å². The van der Waals surface area contributed by atoms with Gasteiger partial charge in [-0.3, -0.25) is 14.4 Å². The molecule has 2 aliphatic heterocycles. The Bertz CT molecular complexity index is 2370. The van der Waals surface area contributed by atoms with Gasteiger partial charge in [-0.1, -0.05) is 75.7 Å². The Morgan fingerprint density at radius 2 is 1.52 bits per heavy atom. The minimum Gasteiger partial charge on any atom is -0.453 e. The Kier molecular flexibility index (Phi) is 12.7. The van der Waals surface area contributed by atoms with Gasteiger partial charge in [0.25, 0.3) is 5.91 Å². The SMILES string of the molecule is CCCCn1c2cc(NC(=O)[C@@H]3CCCN3C(=O)C(NC(=O)OC)C(C)C)ccc2c2ccc(-c3cnc([C@@H]4CCCN4C(=O)[C@H](NC(=O)OC)c4ccccc4)[nH]3)cc21. The lowest BCUT2D eigenvalue weighted by molar-refractivity contribution is -0.139. The van der Waals surface area contributed by atoms with Crippen molar-refractivity contribution in [1.82, 2.24) is 35.0 Å². The van der Waals surface area contributed by atoms with Crippen LogP contribution in [0.4, 0.5) is 15.3 Å². The third-order valence-electron chi connectivity index (χ3n) is 11.7. The number of aromatic amines is 1. The number of alkyl carbamates (subject to hydrolysis) is 2. The number of fused-ring (bicyclic) bond motifs is 3. The van der Waals surface area contributed by atoms with Crippen molar-refractivity contribution >= 4 is 57.4 Å². The second-order valence-electron chi connectivity index (χ2n) is 15.9. The van der Waals surface area contributed by atoms with Gasteiger partial charge in [0.15, 0.2) is 0 Å². The van der Waals surface area contributed by atoms with Crippen molar-refractivity contribution in [3.63, 3.8) is 0 Å². The molecule has 2 saturated heterocycles. The van der Waals surface area contributed by atoms with Crippen LogP contribution in [0.2, 0.25) is 0 Å². The number of carbonyl (C=O) groups is 5. The zero-order chi connectivity index (χ0) is 42.5. The van der Waals surface area contributed by atoms with Crippen LogP contribution in [0.1, 0.15) is 82.8 Å². The quantitative estimate of drug-likeness (QED) is 0.0976. The number of unbranched alkanes of at least 4 members (excludes halogenated alkanes) is 1. The lowest BCUT2D eigenvalue weighted by Gasteiger charge is -2.30. The monoisotopic (exact) mass is 818 g/mol. The number of anilines is 1. The number of carbonyl (C=O) groups excluding carboxylic acids is 5. The van der Waals surface area contributed by atoms with E-state index < -0.39 is 30.3 Å². The maximum atomic E-state index is 14.0. The Hall–Kier alpha value is -6.38. The zero-order valence-electron chi connectivity index (χ0n) is 34.8. The summed E-state index contributed by atoms with van der Waals surface area (Å²) in [6, 6.07) is 18.7. The fourth-order valence-corrected chi connectivity index (χ4v) is 8.55. The molecule has 4 atom stereocenters. The molecule has 0 saturated carbocycles. The fraction of sp³-hybridized carbons (Fsp3) is 0.422. The number of hydrogen-bond acceptors (Lipinski definition) is 8. The number of aromatic nitrogens is 3. The molecule has 0 spiro atoms. The normalized spacial score (nSPS) is 17.5. The molecule has 3 aromatic carbocycles. The first kappa shape index (κ1) is 41.8. The molecule has 1 unspecified atom stereocenters. The van der Waals surface area contributed by atoms with Crippen LogP contribution in [-0.4, -0.2) is 93.6 Å². The summed E-state index contributed by atoms with van der Waals surface area (Å²) in [6.45, 7) is 7.56. The van der Waals surface area contributed by atoms with Crippen molar-refractivity contribution in [1.29, 1.82) is 0 Å². The minimum absolute atomic E-state index is 0.200. The highest BCUT2D eigenvalue weighted by Gasteiger charge is 2.39. The molecule has 4 heterocycles. The van der Waals surface area contributed by atoms with Crippen LogP contribution in [0.25, 0.3) is 33.1 Å². The number of benzene rings is 3. The first-order chi connectivity index (χ1) is 29.0. The van der Waals surface area contributed by atoms with Gasteiger partial charge in [-0.2, -0.15) is 0 Å². The van der Waals surface area contributed by atoms with Gasteiger partial charge in [0.1, 0.15) is 23.9 Å². The van der Waals surface area contributed by atoms with Gasteiger partial charge in [0.2, 0.25) is 11.8 Å². The standard InChI is InChI=1S/C45H54N8O7/c1-6-7-21-51-36-24-29(33-26-46-40(48-33)34-15-11-22-52(34)43(56)39(50-45(58)60-5)28-13-9-8-10-14-28)17-19-31(36)32-20-18-30(25-37(32)51)47-41(54)35-16-12-23-53(35)42(55)38(27(2)3)49-44(57)59-4/h8-10,13-14,17-20,24-27,34-35,38-39H,6-7,11-12,15-16,21-23H2,1-5H3,(H,46,48)(H,47,54)(H,49,57)(H,50,58)/t34-,35-,38?,39+/m0/s1.